The molecule has 0 aliphatic carbocycles. The highest BCUT2D eigenvalue weighted by molar-refractivity contribution is 6.35. The van der Waals surface area contributed by atoms with Crippen molar-refractivity contribution in [1.82, 2.24) is 9.80 Å². The average Bonchev–Trinajstić information content (AvgIpc) is 2.87. The van der Waals surface area contributed by atoms with Crippen LogP contribution in [0.5, 0.6) is 0 Å². The summed E-state index contributed by atoms with van der Waals surface area (Å²) in [5.41, 5.74) is 3.08. The molecule has 1 aliphatic rings. The molecule has 5 nitrogen and oxygen atoms in total. The Morgan fingerprint density at radius 1 is 0.886 bits per heavy atom. The highest BCUT2D eigenvalue weighted by atomic mass is 35.5. The van der Waals surface area contributed by atoms with Gasteiger partial charge in [0.2, 0.25) is 0 Å². The summed E-state index contributed by atoms with van der Waals surface area (Å²) in [5, 5.41) is 3.96. The summed E-state index contributed by atoms with van der Waals surface area (Å²) < 4.78 is 5.47. The monoisotopic (exact) mass is 511 g/mol. The van der Waals surface area contributed by atoms with Crippen molar-refractivity contribution in [2.45, 2.75) is 12.3 Å². The summed E-state index contributed by atoms with van der Waals surface area (Å²) in [6.45, 7) is 5.27. The molecule has 0 bridgehead atoms. The second-order valence-electron chi connectivity index (χ2n) is 8.69. The van der Waals surface area contributed by atoms with Crippen molar-refractivity contribution in [3.8, 4) is 0 Å². The van der Waals surface area contributed by atoms with E-state index < -0.39 is 0 Å². The van der Waals surface area contributed by atoms with Crippen LogP contribution in [0.4, 0.5) is 10.5 Å². The Kier molecular flexibility index (Phi) is 9.43. The lowest BCUT2D eigenvalue weighted by Crippen LogP contribution is -2.44. The zero-order valence-electron chi connectivity index (χ0n) is 19.7. The highest BCUT2D eigenvalue weighted by Gasteiger charge is 2.21. The Bertz CT molecular complexity index is 1020. The third kappa shape index (κ3) is 7.71. The number of rotatable bonds is 9. The molecule has 3 aromatic carbocycles. The normalized spacial score (nSPS) is 14.1. The summed E-state index contributed by atoms with van der Waals surface area (Å²) >= 11 is 12.3. The van der Waals surface area contributed by atoms with Crippen LogP contribution < -0.4 is 5.32 Å². The van der Waals surface area contributed by atoms with E-state index in [1.807, 2.05) is 17.0 Å². The second-order valence-corrected chi connectivity index (χ2v) is 9.56. The molecule has 1 fully saturated rings. The Hall–Kier alpha value is -2.57. The quantitative estimate of drug-likeness (QED) is 0.362. The lowest BCUT2D eigenvalue weighted by Gasteiger charge is -2.31. The SMILES string of the molecule is O=C(Nc1cc(Cl)cc(Cl)c1)N(CCC(c1ccccc1)c1ccccc1)CCN1CCOCC1. The third-order valence-corrected chi connectivity index (χ3v) is 6.72. The van der Waals surface area contributed by atoms with Gasteiger partial charge >= 0.3 is 6.03 Å². The number of carbonyl (C=O) groups excluding carboxylic acids is 1. The standard InChI is InChI=1S/C28H31Cl2N3O2/c29-24-19-25(30)21-26(20-24)31-28(34)33(14-13-32-15-17-35-18-16-32)12-11-27(22-7-3-1-4-8-22)23-9-5-2-6-10-23/h1-10,19-21,27H,11-18H2,(H,31,34). The summed E-state index contributed by atoms with van der Waals surface area (Å²) in [6, 6.07) is 25.9. The fourth-order valence-corrected chi connectivity index (χ4v) is 4.94. The Morgan fingerprint density at radius 2 is 1.46 bits per heavy atom. The van der Waals surface area contributed by atoms with E-state index in [1.54, 1.807) is 18.2 Å². The number of anilines is 1. The lowest BCUT2D eigenvalue weighted by molar-refractivity contribution is 0.0351. The van der Waals surface area contributed by atoms with Crippen LogP contribution in [0.15, 0.2) is 78.9 Å². The third-order valence-electron chi connectivity index (χ3n) is 6.28. The molecule has 1 saturated heterocycles. The number of hydrogen-bond acceptors (Lipinski definition) is 3. The van der Waals surface area contributed by atoms with Gasteiger partial charge in [-0.05, 0) is 35.7 Å². The Balaban J connectivity index is 1.50. The van der Waals surface area contributed by atoms with Crippen LogP contribution in [0.25, 0.3) is 0 Å². The smallest absolute Gasteiger partial charge is 0.321 e. The molecule has 0 radical (unpaired) electrons. The molecule has 1 N–H and O–H groups in total. The molecule has 7 heteroatoms. The number of nitrogens with zero attached hydrogens (tertiary/aromatic N) is 2. The predicted octanol–water partition coefficient (Wildman–Crippen LogP) is 6.38. The van der Waals surface area contributed by atoms with Crippen molar-refractivity contribution < 1.29 is 9.53 Å². The fourth-order valence-electron chi connectivity index (χ4n) is 4.41. The number of carbonyl (C=O) groups is 1. The first kappa shape index (κ1) is 25.5. The molecule has 35 heavy (non-hydrogen) atoms. The van der Waals surface area contributed by atoms with Crippen molar-refractivity contribution in [2.75, 3.05) is 51.3 Å². The molecule has 1 heterocycles. The fraction of sp³-hybridized carbons (Fsp3) is 0.321. The molecular formula is C28H31Cl2N3O2. The Labute approximate surface area is 217 Å². The zero-order valence-corrected chi connectivity index (χ0v) is 21.2. The van der Waals surface area contributed by atoms with E-state index in [0.29, 0.717) is 28.8 Å². The van der Waals surface area contributed by atoms with Gasteiger partial charge < -0.3 is 15.0 Å². The number of benzene rings is 3. The van der Waals surface area contributed by atoms with Crippen LogP contribution in [0.2, 0.25) is 10.0 Å². The first-order chi connectivity index (χ1) is 17.1. The maximum absolute atomic E-state index is 13.4. The van der Waals surface area contributed by atoms with E-state index >= 15 is 0 Å². The molecule has 0 saturated carbocycles. The van der Waals surface area contributed by atoms with Gasteiger partial charge in [0.05, 0.1) is 13.2 Å². The van der Waals surface area contributed by atoms with E-state index in [0.717, 1.165) is 39.3 Å². The van der Waals surface area contributed by atoms with Crippen LogP contribution in [-0.4, -0.2) is 61.8 Å². The number of amides is 2. The van der Waals surface area contributed by atoms with Gasteiger partial charge in [-0.2, -0.15) is 0 Å². The van der Waals surface area contributed by atoms with Crippen LogP contribution in [-0.2, 0) is 4.74 Å². The Morgan fingerprint density at radius 3 is 2.03 bits per heavy atom. The van der Waals surface area contributed by atoms with Gasteiger partial charge in [-0.3, -0.25) is 4.90 Å². The minimum Gasteiger partial charge on any atom is -0.379 e. The minimum atomic E-state index is -0.156. The van der Waals surface area contributed by atoms with Crippen molar-refractivity contribution in [1.29, 1.82) is 0 Å². The van der Waals surface area contributed by atoms with E-state index in [9.17, 15) is 4.79 Å². The predicted molar refractivity (Wildman–Crippen MR) is 144 cm³/mol. The van der Waals surface area contributed by atoms with Crippen molar-refractivity contribution in [2.24, 2.45) is 0 Å². The highest BCUT2D eigenvalue weighted by Crippen LogP contribution is 2.28. The van der Waals surface area contributed by atoms with Crippen LogP contribution >= 0.6 is 23.2 Å². The van der Waals surface area contributed by atoms with Gasteiger partial charge in [0.25, 0.3) is 0 Å². The number of urea groups is 1. The van der Waals surface area contributed by atoms with Crippen molar-refractivity contribution >= 4 is 34.9 Å². The largest absolute Gasteiger partial charge is 0.379 e. The number of morpholine rings is 1. The van der Waals surface area contributed by atoms with Gasteiger partial charge in [-0.25, -0.2) is 4.79 Å². The van der Waals surface area contributed by atoms with E-state index in [2.05, 4.69) is 58.7 Å². The number of halogens is 2. The lowest BCUT2D eigenvalue weighted by atomic mass is 9.88. The second kappa shape index (κ2) is 12.9. The molecule has 184 valence electrons. The molecule has 0 atom stereocenters. The minimum absolute atomic E-state index is 0.156. The summed E-state index contributed by atoms with van der Waals surface area (Å²) in [6.07, 6.45) is 0.806. The van der Waals surface area contributed by atoms with Crippen molar-refractivity contribution in [3.63, 3.8) is 0 Å². The molecule has 4 rings (SSSR count). The zero-order chi connectivity index (χ0) is 24.5. The van der Waals surface area contributed by atoms with Crippen LogP contribution in [0.1, 0.15) is 23.5 Å². The van der Waals surface area contributed by atoms with E-state index in [-0.39, 0.29) is 11.9 Å². The molecule has 1 aliphatic heterocycles. The van der Waals surface area contributed by atoms with Gasteiger partial charge in [0.1, 0.15) is 0 Å². The topological polar surface area (TPSA) is 44.8 Å². The summed E-state index contributed by atoms with van der Waals surface area (Å²) in [7, 11) is 0. The molecule has 0 spiro atoms. The number of nitrogens with one attached hydrogen (secondary N) is 1. The van der Waals surface area contributed by atoms with E-state index in [4.69, 9.17) is 27.9 Å². The van der Waals surface area contributed by atoms with Gasteiger partial charge in [-0.1, -0.05) is 83.9 Å². The number of hydrogen-bond donors (Lipinski definition) is 1. The molecule has 0 unspecified atom stereocenters. The summed E-state index contributed by atoms with van der Waals surface area (Å²) in [4.78, 5) is 17.6. The molecule has 0 aromatic heterocycles. The van der Waals surface area contributed by atoms with Gasteiger partial charge in [0.15, 0.2) is 0 Å². The van der Waals surface area contributed by atoms with Crippen LogP contribution in [0, 0.1) is 0 Å². The number of ether oxygens (including phenoxy) is 1. The molecular weight excluding hydrogens is 481 g/mol. The summed E-state index contributed by atoms with van der Waals surface area (Å²) in [5.74, 6) is 0.191. The average molecular weight is 512 g/mol. The first-order valence-corrected chi connectivity index (χ1v) is 12.8. The maximum atomic E-state index is 13.4. The van der Waals surface area contributed by atoms with Gasteiger partial charge in [-0.15, -0.1) is 0 Å². The van der Waals surface area contributed by atoms with Crippen molar-refractivity contribution in [3.05, 3.63) is 100 Å². The molecule has 2 amide bonds. The molecule has 3 aromatic rings. The first-order valence-electron chi connectivity index (χ1n) is 12.0. The van der Waals surface area contributed by atoms with E-state index in [1.165, 1.54) is 11.1 Å². The van der Waals surface area contributed by atoms with Crippen LogP contribution in [0.3, 0.4) is 0 Å². The maximum Gasteiger partial charge on any atom is 0.321 e. The van der Waals surface area contributed by atoms with Gasteiger partial charge in [0, 0.05) is 54.4 Å².